The lowest BCUT2D eigenvalue weighted by atomic mass is 9.91. The minimum absolute atomic E-state index is 0.0126. The molecule has 2 N–H and O–H groups in total. The fourth-order valence-electron chi connectivity index (χ4n) is 2.86. The topological polar surface area (TPSA) is 55.0 Å². The largest absolute Gasteiger partial charge is 0.435 e. The summed E-state index contributed by atoms with van der Waals surface area (Å²) in [5.41, 5.74) is 4.44. The predicted molar refractivity (Wildman–Crippen MR) is 96.5 cm³/mol. The van der Waals surface area contributed by atoms with E-state index in [4.69, 9.17) is 28.9 Å². The average Bonchev–Trinajstić information content (AvgIpc) is 2.56. The fraction of sp³-hybridized carbons (Fsp3) is 0.412. The number of benzene rings is 1. The van der Waals surface area contributed by atoms with Crippen molar-refractivity contribution in [2.45, 2.75) is 31.5 Å². The molecule has 0 aliphatic carbocycles. The minimum atomic E-state index is -4.68. The van der Waals surface area contributed by atoms with Crippen molar-refractivity contribution < 1.29 is 13.2 Å². The Labute approximate surface area is 159 Å². The molecule has 9 heteroatoms. The maximum absolute atomic E-state index is 13.6. The maximum Gasteiger partial charge on any atom is 0.435 e. The van der Waals surface area contributed by atoms with E-state index in [2.05, 4.69) is 9.97 Å². The van der Waals surface area contributed by atoms with Crippen LogP contribution < -0.4 is 10.6 Å². The monoisotopic (exact) mass is 404 g/mol. The highest BCUT2D eigenvalue weighted by Gasteiger charge is 2.38. The zero-order valence-corrected chi connectivity index (χ0v) is 15.5. The first-order chi connectivity index (χ1) is 12.1. The van der Waals surface area contributed by atoms with Crippen molar-refractivity contribution in [3.05, 3.63) is 40.1 Å². The van der Waals surface area contributed by atoms with Crippen molar-refractivity contribution in [2.24, 2.45) is 5.73 Å². The van der Waals surface area contributed by atoms with Gasteiger partial charge in [-0.3, -0.25) is 4.98 Å². The van der Waals surface area contributed by atoms with Crippen molar-refractivity contribution >= 4 is 29.0 Å². The van der Waals surface area contributed by atoms with Crippen LogP contribution in [0, 0.1) is 0 Å². The quantitative estimate of drug-likeness (QED) is 0.781. The van der Waals surface area contributed by atoms with Gasteiger partial charge in [-0.15, -0.1) is 0 Å². The Bertz CT molecular complexity index is 814. The highest BCUT2D eigenvalue weighted by molar-refractivity contribution is 6.43. The van der Waals surface area contributed by atoms with Gasteiger partial charge in [-0.05, 0) is 25.8 Å². The summed E-state index contributed by atoms with van der Waals surface area (Å²) in [7, 11) is 0. The molecule has 2 heterocycles. The van der Waals surface area contributed by atoms with E-state index in [1.807, 2.05) is 6.92 Å². The molecule has 0 saturated carbocycles. The van der Waals surface area contributed by atoms with E-state index in [1.165, 1.54) is 24.4 Å². The van der Waals surface area contributed by atoms with Crippen LogP contribution in [0.2, 0.25) is 10.0 Å². The van der Waals surface area contributed by atoms with E-state index in [1.54, 1.807) is 4.90 Å². The molecule has 1 saturated heterocycles. The molecule has 140 valence electrons. The standard InChI is InChI=1S/C17H17Cl2F3N4/c1-16(23)5-7-26(8-6-16)12-9-24-14(15(25-12)17(20,21)22)10-3-2-4-11(18)13(10)19/h2-4,9H,5-8,23H2,1H3. The molecular formula is C17H17Cl2F3N4. The Morgan fingerprint density at radius 3 is 2.46 bits per heavy atom. The lowest BCUT2D eigenvalue weighted by Crippen LogP contribution is -2.48. The third kappa shape index (κ3) is 3.89. The number of rotatable bonds is 2. The van der Waals surface area contributed by atoms with Gasteiger partial charge in [-0.2, -0.15) is 13.2 Å². The van der Waals surface area contributed by atoms with Gasteiger partial charge in [-0.25, -0.2) is 4.98 Å². The van der Waals surface area contributed by atoms with Gasteiger partial charge in [0.05, 0.1) is 16.2 Å². The van der Waals surface area contributed by atoms with Crippen molar-refractivity contribution in [1.82, 2.24) is 9.97 Å². The summed E-state index contributed by atoms with van der Waals surface area (Å²) in [6, 6.07) is 4.46. The summed E-state index contributed by atoms with van der Waals surface area (Å²) in [6.07, 6.45) is -2.01. The molecule has 0 atom stereocenters. The molecule has 0 bridgehead atoms. The van der Waals surface area contributed by atoms with Crippen molar-refractivity contribution in [3.63, 3.8) is 0 Å². The highest BCUT2D eigenvalue weighted by atomic mass is 35.5. The van der Waals surface area contributed by atoms with Crippen LogP contribution in [0.5, 0.6) is 0 Å². The number of aromatic nitrogens is 2. The van der Waals surface area contributed by atoms with Crippen LogP contribution in [0.25, 0.3) is 11.3 Å². The van der Waals surface area contributed by atoms with Crippen LogP contribution in [0.4, 0.5) is 19.0 Å². The molecule has 1 aliphatic heterocycles. The molecule has 0 radical (unpaired) electrons. The molecule has 0 amide bonds. The predicted octanol–water partition coefficient (Wildman–Crippen LogP) is 4.79. The first-order valence-electron chi connectivity index (χ1n) is 8.01. The number of halogens is 5. The van der Waals surface area contributed by atoms with Gasteiger partial charge >= 0.3 is 6.18 Å². The summed E-state index contributed by atoms with van der Waals surface area (Å²) in [4.78, 5) is 9.65. The van der Waals surface area contributed by atoms with Crippen LogP contribution in [-0.4, -0.2) is 28.6 Å². The highest BCUT2D eigenvalue weighted by Crippen LogP contribution is 2.40. The minimum Gasteiger partial charge on any atom is -0.355 e. The van der Waals surface area contributed by atoms with Crippen LogP contribution >= 0.6 is 23.2 Å². The molecule has 1 aromatic heterocycles. The van der Waals surface area contributed by atoms with E-state index >= 15 is 0 Å². The smallest absolute Gasteiger partial charge is 0.355 e. The third-order valence-electron chi connectivity index (χ3n) is 4.46. The number of piperidine rings is 1. The molecule has 1 fully saturated rings. The number of nitrogens with zero attached hydrogens (tertiary/aromatic N) is 3. The zero-order chi connectivity index (χ0) is 19.1. The number of alkyl halides is 3. The Morgan fingerprint density at radius 2 is 1.85 bits per heavy atom. The van der Waals surface area contributed by atoms with E-state index < -0.39 is 11.9 Å². The Morgan fingerprint density at radius 1 is 1.19 bits per heavy atom. The van der Waals surface area contributed by atoms with Gasteiger partial charge in [0.1, 0.15) is 11.5 Å². The Balaban J connectivity index is 2.04. The second-order valence-electron chi connectivity index (χ2n) is 6.67. The second kappa shape index (κ2) is 6.87. The number of hydrogen-bond donors (Lipinski definition) is 1. The van der Waals surface area contributed by atoms with Gasteiger partial charge in [0.25, 0.3) is 0 Å². The first-order valence-corrected chi connectivity index (χ1v) is 8.76. The molecule has 0 unspecified atom stereocenters. The van der Waals surface area contributed by atoms with Crippen LogP contribution in [0.1, 0.15) is 25.5 Å². The molecule has 1 aliphatic rings. The summed E-state index contributed by atoms with van der Waals surface area (Å²) >= 11 is 12.0. The van der Waals surface area contributed by atoms with Gasteiger partial charge in [0, 0.05) is 24.2 Å². The normalized spacial score (nSPS) is 17.4. The number of hydrogen-bond acceptors (Lipinski definition) is 4. The van der Waals surface area contributed by atoms with Crippen LogP contribution in [0.15, 0.2) is 24.4 Å². The molecular weight excluding hydrogens is 388 g/mol. The van der Waals surface area contributed by atoms with E-state index in [0.29, 0.717) is 25.9 Å². The SMILES string of the molecule is CC1(N)CCN(c2cnc(-c3cccc(Cl)c3Cl)c(C(F)(F)F)n2)CC1. The Hall–Kier alpha value is -1.57. The maximum atomic E-state index is 13.6. The lowest BCUT2D eigenvalue weighted by molar-refractivity contribution is -0.140. The number of anilines is 1. The summed E-state index contributed by atoms with van der Waals surface area (Å²) in [5, 5.41) is 0.167. The van der Waals surface area contributed by atoms with E-state index in [0.717, 1.165) is 0 Å². The van der Waals surface area contributed by atoms with Crippen molar-refractivity contribution in [1.29, 1.82) is 0 Å². The van der Waals surface area contributed by atoms with Gasteiger partial charge in [-0.1, -0.05) is 35.3 Å². The summed E-state index contributed by atoms with van der Waals surface area (Å²) in [6.45, 7) is 2.98. The van der Waals surface area contributed by atoms with Crippen LogP contribution in [-0.2, 0) is 6.18 Å². The molecule has 1 aromatic carbocycles. The molecule has 0 spiro atoms. The van der Waals surface area contributed by atoms with Gasteiger partial charge in [0.2, 0.25) is 0 Å². The number of nitrogens with two attached hydrogens (primary N) is 1. The second-order valence-corrected chi connectivity index (χ2v) is 7.45. The molecule has 3 rings (SSSR count). The lowest BCUT2D eigenvalue weighted by Gasteiger charge is -2.37. The first kappa shape index (κ1) is 19.2. The van der Waals surface area contributed by atoms with E-state index in [9.17, 15) is 13.2 Å². The third-order valence-corrected chi connectivity index (χ3v) is 5.28. The average molecular weight is 405 g/mol. The Kier molecular flexibility index (Phi) is 5.07. The van der Waals surface area contributed by atoms with E-state index in [-0.39, 0.29) is 32.7 Å². The molecule has 2 aromatic rings. The molecule has 4 nitrogen and oxygen atoms in total. The van der Waals surface area contributed by atoms with Crippen molar-refractivity contribution in [3.8, 4) is 11.3 Å². The summed E-state index contributed by atoms with van der Waals surface area (Å²) in [5.74, 6) is 0.176. The van der Waals surface area contributed by atoms with Gasteiger partial charge < -0.3 is 10.6 Å². The molecule has 26 heavy (non-hydrogen) atoms. The van der Waals surface area contributed by atoms with Crippen molar-refractivity contribution in [2.75, 3.05) is 18.0 Å². The van der Waals surface area contributed by atoms with Gasteiger partial charge in [0.15, 0.2) is 5.69 Å². The zero-order valence-electron chi connectivity index (χ0n) is 13.9. The fourth-order valence-corrected chi connectivity index (χ4v) is 3.25. The summed E-state index contributed by atoms with van der Waals surface area (Å²) < 4.78 is 40.9. The van der Waals surface area contributed by atoms with Crippen LogP contribution in [0.3, 0.4) is 0 Å².